The molecule has 180 valence electrons. The van der Waals surface area contributed by atoms with Gasteiger partial charge in [0, 0.05) is 11.1 Å². The van der Waals surface area contributed by atoms with E-state index in [-0.39, 0.29) is 30.1 Å². The molecule has 0 bridgehead atoms. The number of carbonyl (C=O) groups is 2. The van der Waals surface area contributed by atoms with Crippen molar-refractivity contribution in [1.82, 2.24) is 4.57 Å². The van der Waals surface area contributed by atoms with E-state index in [1.807, 2.05) is 13.8 Å². The molecule has 8 nitrogen and oxygen atoms in total. The highest BCUT2D eigenvalue weighted by Crippen LogP contribution is 2.30. The monoisotopic (exact) mass is 475 g/mol. The molecule has 0 N–H and O–H groups in total. The normalized spacial score (nSPS) is 10.8. The molecule has 0 aliphatic carbocycles. The van der Waals surface area contributed by atoms with Crippen LogP contribution in [0.4, 0.5) is 0 Å². The van der Waals surface area contributed by atoms with E-state index in [4.69, 9.17) is 18.6 Å². The van der Waals surface area contributed by atoms with Crippen molar-refractivity contribution in [2.75, 3.05) is 19.8 Å². The maximum Gasteiger partial charge on any atom is 0.420 e. The maximum absolute atomic E-state index is 13.3. The van der Waals surface area contributed by atoms with Crippen LogP contribution in [0.1, 0.15) is 40.1 Å². The molecule has 4 aromatic rings. The Hall–Kier alpha value is -4.33. The van der Waals surface area contributed by atoms with E-state index in [9.17, 15) is 14.4 Å². The van der Waals surface area contributed by atoms with Gasteiger partial charge in [0.05, 0.1) is 30.8 Å². The van der Waals surface area contributed by atoms with Gasteiger partial charge in [0.15, 0.2) is 22.9 Å². The Morgan fingerprint density at radius 1 is 0.857 bits per heavy atom. The highest BCUT2D eigenvalue weighted by molar-refractivity contribution is 6.14. The zero-order valence-corrected chi connectivity index (χ0v) is 19.5. The average Bonchev–Trinajstić information content (AvgIpc) is 3.19. The van der Waals surface area contributed by atoms with Gasteiger partial charge in [-0.3, -0.25) is 9.36 Å². The molecule has 0 aliphatic heterocycles. The van der Waals surface area contributed by atoms with Crippen LogP contribution in [0.3, 0.4) is 0 Å². The van der Waals surface area contributed by atoms with Gasteiger partial charge in [-0.25, -0.2) is 9.59 Å². The molecule has 35 heavy (non-hydrogen) atoms. The topological polar surface area (TPSA) is 97.0 Å². The van der Waals surface area contributed by atoms with Crippen molar-refractivity contribution in [2.45, 2.75) is 20.4 Å². The first-order valence-electron chi connectivity index (χ1n) is 11.3. The number of para-hydroxylation sites is 2. The number of ketones is 1. The highest BCUT2D eigenvalue weighted by atomic mass is 16.5. The molecule has 0 saturated heterocycles. The summed E-state index contributed by atoms with van der Waals surface area (Å²) in [6, 6.07) is 18.4. The number of esters is 1. The van der Waals surface area contributed by atoms with Crippen LogP contribution in [-0.4, -0.2) is 36.1 Å². The first-order chi connectivity index (χ1) is 17.0. The summed E-state index contributed by atoms with van der Waals surface area (Å²) in [5.41, 5.74) is 1.77. The molecule has 0 aliphatic rings. The molecule has 8 heteroatoms. The largest absolute Gasteiger partial charge is 0.490 e. The van der Waals surface area contributed by atoms with E-state index in [1.54, 1.807) is 60.7 Å². The minimum atomic E-state index is -0.661. The van der Waals surface area contributed by atoms with E-state index >= 15 is 0 Å². The van der Waals surface area contributed by atoms with Crippen LogP contribution in [-0.2, 0) is 11.3 Å². The molecular formula is C27H25NO7. The van der Waals surface area contributed by atoms with Crippen molar-refractivity contribution >= 4 is 22.9 Å². The molecule has 0 fully saturated rings. The molecular weight excluding hydrogens is 450 g/mol. The van der Waals surface area contributed by atoms with Gasteiger partial charge in [-0.05, 0) is 50.2 Å². The molecule has 0 amide bonds. The van der Waals surface area contributed by atoms with Crippen LogP contribution in [0.15, 0.2) is 75.9 Å². The molecule has 1 aromatic heterocycles. The van der Waals surface area contributed by atoms with Crippen LogP contribution in [0, 0.1) is 0 Å². The second-order valence-corrected chi connectivity index (χ2v) is 7.53. The predicted octanol–water partition coefficient (Wildman–Crippen LogP) is 4.48. The highest BCUT2D eigenvalue weighted by Gasteiger charge is 2.21. The molecule has 0 spiro atoms. The smallest absolute Gasteiger partial charge is 0.420 e. The summed E-state index contributed by atoms with van der Waals surface area (Å²) in [5.74, 6) is -0.540. The van der Waals surface area contributed by atoms with Gasteiger partial charge >= 0.3 is 11.7 Å². The second-order valence-electron chi connectivity index (χ2n) is 7.53. The number of rotatable bonds is 10. The third-order valence-corrected chi connectivity index (χ3v) is 5.32. The lowest BCUT2D eigenvalue weighted by atomic mass is 9.98. The summed E-state index contributed by atoms with van der Waals surface area (Å²) >= 11 is 0. The van der Waals surface area contributed by atoms with Crippen molar-refractivity contribution in [3.05, 3.63) is 94.0 Å². The predicted molar refractivity (Wildman–Crippen MR) is 129 cm³/mol. The Kier molecular flexibility index (Phi) is 7.30. The van der Waals surface area contributed by atoms with E-state index in [0.717, 1.165) is 0 Å². The van der Waals surface area contributed by atoms with Gasteiger partial charge in [-0.1, -0.05) is 30.3 Å². The summed E-state index contributed by atoms with van der Waals surface area (Å²) < 4.78 is 23.2. The fourth-order valence-electron chi connectivity index (χ4n) is 3.74. The summed E-state index contributed by atoms with van der Waals surface area (Å²) in [6.07, 6.45) is 0. The zero-order chi connectivity index (χ0) is 24.8. The Morgan fingerprint density at radius 3 is 2.31 bits per heavy atom. The number of ether oxygens (including phenoxy) is 3. The van der Waals surface area contributed by atoms with Crippen molar-refractivity contribution in [3.8, 4) is 11.5 Å². The van der Waals surface area contributed by atoms with Crippen LogP contribution in [0.25, 0.3) is 11.1 Å². The lowest BCUT2D eigenvalue weighted by Gasteiger charge is -2.13. The Morgan fingerprint density at radius 2 is 1.54 bits per heavy atom. The average molecular weight is 475 g/mol. The van der Waals surface area contributed by atoms with Gasteiger partial charge in [-0.2, -0.15) is 0 Å². The number of aromatic nitrogens is 1. The molecule has 0 saturated carbocycles. The number of nitrogens with zero attached hydrogens (tertiary/aromatic N) is 1. The summed E-state index contributed by atoms with van der Waals surface area (Å²) in [7, 11) is 0. The number of benzene rings is 3. The Balaban J connectivity index is 1.52. The van der Waals surface area contributed by atoms with E-state index < -0.39 is 11.7 Å². The van der Waals surface area contributed by atoms with Gasteiger partial charge in [-0.15, -0.1) is 0 Å². The molecule has 4 rings (SSSR count). The third kappa shape index (κ3) is 5.11. The number of hydrogen-bond acceptors (Lipinski definition) is 7. The van der Waals surface area contributed by atoms with Crippen molar-refractivity contribution in [2.24, 2.45) is 0 Å². The van der Waals surface area contributed by atoms with Gasteiger partial charge in [0.2, 0.25) is 0 Å². The molecule has 1 heterocycles. The van der Waals surface area contributed by atoms with Crippen LogP contribution in [0.5, 0.6) is 11.5 Å². The minimum absolute atomic E-state index is 0.0671. The van der Waals surface area contributed by atoms with Crippen LogP contribution >= 0.6 is 0 Å². The van der Waals surface area contributed by atoms with Crippen molar-refractivity contribution < 1.29 is 28.2 Å². The molecule has 0 unspecified atom stereocenters. The lowest BCUT2D eigenvalue weighted by molar-refractivity contribution is 0.0487. The summed E-state index contributed by atoms with van der Waals surface area (Å²) in [6.45, 7) is 4.63. The maximum atomic E-state index is 13.3. The minimum Gasteiger partial charge on any atom is -0.490 e. The fourth-order valence-corrected chi connectivity index (χ4v) is 3.74. The number of carbonyl (C=O) groups excluding carboxylic acids is 2. The van der Waals surface area contributed by atoms with Crippen LogP contribution < -0.4 is 15.2 Å². The van der Waals surface area contributed by atoms with E-state index in [1.165, 1.54) is 10.6 Å². The lowest BCUT2D eigenvalue weighted by Crippen LogP contribution is -2.20. The van der Waals surface area contributed by atoms with Crippen molar-refractivity contribution in [3.63, 3.8) is 0 Å². The number of oxazole rings is 1. The van der Waals surface area contributed by atoms with Gasteiger partial charge in [0.1, 0.15) is 6.61 Å². The Labute approximate surface area is 201 Å². The molecule has 0 atom stereocenters. The first-order valence-corrected chi connectivity index (χ1v) is 11.3. The van der Waals surface area contributed by atoms with Crippen molar-refractivity contribution in [1.29, 1.82) is 0 Å². The SMILES string of the molecule is CCOc1ccc(C(=O)c2ccccc2C(=O)OCCn2c(=O)oc3ccccc32)cc1OCC. The van der Waals surface area contributed by atoms with Gasteiger partial charge in [0.25, 0.3) is 0 Å². The number of fused-ring (bicyclic) bond motifs is 1. The fraction of sp³-hybridized carbons (Fsp3) is 0.222. The van der Waals surface area contributed by atoms with E-state index in [0.29, 0.717) is 41.4 Å². The molecule has 0 radical (unpaired) electrons. The Bertz CT molecular complexity index is 1420. The first kappa shape index (κ1) is 23.8. The standard InChI is InChI=1S/C27H25NO7/c1-3-32-23-14-13-18(17-24(23)33-4-2)25(29)19-9-5-6-10-20(19)26(30)34-16-15-28-21-11-7-8-12-22(21)35-27(28)31/h5-14,17H,3-4,15-16H2,1-2H3. The summed E-state index contributed by atoms with van der Waals surface area (Å²) in [5, 5.41) is 0. The zero-order valence-electron chi connectivity index (χ0n) is 19.5. The molecule has 3 aromatic carbocycles. The second kappa shape index (κ2) is 10.7. The quantitative estimate of drug-likeness (QED) is 0.246. The van der Waals surface area contributed by atoms with Crippen LogP contribution in [0.2, 0.25) is 0 Å². The van der Waals surface area contributed by atoms with E-state index in [2.05, 4.69) is 0 Å². The van der Waals surface area contributed by atoms with Gasteiger partial charge < -0.3 is 18.6 Å². The third-order valence-electron chi connectivity index (χ3n) is 5.32. The summed E-state index contributed by atoms with van der Waals surface area (Å²) in [4.78, 5) is 38.3. The number of hydrogen-bond donors (Lipinski definition) is 0.